The van der Waals surface area contributed by atoms with Gasteiger partial charge in [-0.25, -0.2) is 4.79 Å². The van der Waals surface area contributed by atoms with Gasteiger partial charge in [-0.1, -0.05) is 54.3 Å². The van der Waals surface area contributed by atoms with Crippen LogP contribution in [0.15, 0.2) is 51.8 Å². The Bertz CT molecular complexity index is 966. The van der Waals surface area contributed by atoms with E-state index in [1.807, 2.05) is 30.3 Å². The molecule has 2 aromatic rings. The van der Waals surface area contributed by atoms with Crippen LogP contribution < -0.4 is 0 Å². The van der Waals surface area contributed by atoms with Crippen LogP contribution in [0.5, 0.6) is 0 Å². The molecule has 1 amide bonds. The molecule has 7 nitrogen and oxygen atoms in total. The predicted molar refractivity (Wildman–Crippen MR) is 107 cm³/mol. The minimum Gasteiger partial charge on any atom is -0.481 e. The van der Waals surface area contributed by atoms with Gasteiger partial charge in [0.1, 0.15) is 21.9 Å². The molecular weight excluding hydrogens is 402 g/mol. The van der Waals surface area contributed by atoms with Crippen molar-refractivity contribution < 1.29 is 29.0 Å². The van der Waals surface area contributed by atoms with Crippen LogP contribution in [0, 0.1) is 0 Å². The number of carboxylic acid groups (broad SMARTS) is 2. The number of carboxylic acids is 2. The zero-order valence-corrected chi connectivity index (χ0v) is 16.0. The summed E-state index contributed by atoms with van der Waals surface area (Å²) in [5.74, 6) is -1.96. The van der Waals surface area contributed by atoms with Gasteiger partial charge in [-0.05, 0) is 18.6 Å². The molecule has 0 bridgehead atoms. The minimum absolute atomic E-state index is 0.0730. The topological polar surface area (TPSA) is 108 Å². The van der Waals surface area contributed by atoms with Gasteiger partial charge in [-0.2, -0.15) is 0 Å². The molecule has 28 heavy (non-hydrogen) atoms. The maximum absolute atomic E-state index is 12.7. The number of hydrogen-bond donors (Lipinski definition) is 2. The fourth-order valence-corrected chi connectivity index (χ4v) is 4.03. The van der Waals surface area contributed by atoms with Crippen LogP contribution >= 0.6 is 24.0 Å². The van der Waals surface area contributed by atoms with Crippen molar-refractivity contribution in [3.05, 3.63) is 53.1 Å². The fourth-order valence-electron chi connectivity index (χ4n) is 2.69. The van der Waals surface area contributed by atoms with Gasteiger partial charge < -0.3 is 14.6 Å². The van der Waals surface area contributed by atoms with Crippen LogP contribution in [0.3, 0.4) is 0 Å². The molecule has 1 fully saturated rings. The summed E-state index contributed by atoms with van der Waals surface area (Å²) < 4.78 is 5.81. The first kappa shape index (κ1) is 19.8. The van der Waals surface area contributed by atoms with E-state index < -0.39 is 23.9 Å². The van der Waals surface area contributed by atoms with Crippen LogP contribution in [0.4, 0.5) is 0 Å². The van der Waals surface area contributed by atoms with Gasteiger partial charge in [-0.3, -0.25) is 14.5 Å². The zero-order chi connectivity index (χ0) is 20.3. The van der Waals surface area contributed by atoms with Gasteiger partial charge >= 0.3 is 11.9 Å². The Kier molecular flexibility index (Phi) is 5.96. The van der Waals surface area contributed by atoms with Crippen LogP contribution in [0.1, 0.15) is 18.6 Å². The maximum Gasteiger partial charge on any atom is 0.326 e. The van der Waals surface area contributed by atoms with Gasteiger partial charge in [0.2, 0.25) is 0 Å². The Morgan fingerprint density at radius 2 is 1.89 bits per heavy atom. The maximum atomic E-state index is 12.7. The lowest BCUT2D eigenvalue weighted by atomic mass is 10.1. The highest BCUT2D eigenvalue weighted by atomic mass is 32.2. The third kappa shape index (κ3) is 4.32. The lowest BCUT2D eigenvalue weighted by Crippen LogP contribution is -2.44. The number of amides is 1. The summed E-state index contributed by atoms with van der Waals surface area (Å²) in [5.41, 5.74) is 0.884. The third-order valence-corrected chi connectivity index (χ3v) is 5.34. The molecule has 1 aromatic heterocycles. The molecule has 2 heterocycles. The summed E-state index contributed by atoms with van der Waals surface area (Å²) >= 11 is 6.11. The quantitative estimate of drug-likeness (QED) is 0.521. The first-order chi connectivity index (χ1) is 13.4. The lowest BCUT2D eigenvalue weighted by Gasteiger charge is -2.22. The SMILES string of the molecule is O=C(O)CC[C@H](C(=O)O)N1C(=O)/C(=C/c2ccc(-c3ccccc3)o2)SC1=S. The van der Waals surface area contributed by atoms with Crippen molar-refractivity contribution in [2.24, 2.45) is 0 Å². The summed E-state index contributed by atoms with van der Waals surface area (Å²) in [6.45, 7) is 0. The van der Waals surface area contributed by atoms with Crippen molar-refractivity contribution in [2.45, 2.75) is 18.9 Å². The Morgan fingerprint density at radius 3 is 2.54 bits per heavy atom. The molecule has 2 N–H and O–H groups in total. The Hall–Kier alpha value is -2.91. The van der Waals surface area contributed by atoms with E-state index in [1.165, 1.54) is 6.08 Å². The summed E-state index contributed by atoms with van der Waals surface area (Å²) in [6, 6.07) is 11.6. The molecule has 0 saturated carbocycles. The summed E-state index contributed by atoms with van der Waals surface area (Å²) in [6.07, 6.45) is 0.886. The molecule has 1 aliphatic heterocycles. The predicted octanol–water partition coefficient (Wildman–Crippen LogP) is 3.47. The van der Waals surface area contributed by atoms with Crippen molar-refractivity contribution >= 4 is 52.2 Å². The number of furan rings is 1. The Balaban J connectivity index is 1.82. The molecule has 0 radical (unpaired) electrons. The van der Waals surface area contributed by atoms with E-state index in [4.69, 9.17) is 21.7 Å². The molecule has 3 rings (SSSR count). The highest BCUT2D eigenvalue weighted by molar-refractivity contribution is 8.26. The monoisotopic (exact) mass is 417 g/mol. The van der Waals surface area contributed by atoms with Crippen LogP contribution in [-0.2, 0) is 14.4 Å². The number of nitrogens with zero attached hydrogens (tertiary/aromatic N) is 1. The van der Waals surface area contributed by atoms with E-state index >= 15 is 0 Å². The van der Waals surface area contributed by atoms with Crippen molar-refractivity contribution in [3.63, 3.8) is 0 Å². The normalized spacial score (nSPS) is 16.6. The molecule has 1 saturated heterocycles. The molecule has 0 aliphatic carbocycles. The molecule has 9 heteroatoms. The zero-order valence-electron chi connectivity index (χ0n) is 14.4. The number of benzene rings is 1. The van der Waals surface area contributed by atoms with Crippen LogP contribution in [0.2, 0.25) is 0 Å². The van der Waals surface area contributed by atoms with E-state index in [0.717, 1.165) is 22.2 Å². The van der Waals surface area contributed by atoms with Gasteiger partial charge in [0, 0.05) is 18.1 Å². The van der Waals surface area contributed by atoms with E-state index in [2.05, 4.69) is 0 Å². The van der Waals surface area contributed by atoms with E-state index in [0.29, 0.717) is 11.5 Å². The first-order valence-corrected chi connectivity index (χ1v) is 9.46. The number of hydrogen-bond acceptors (Lipinski definition) is 6. The second kappa shape index (κ2) is 8.41. The summed E-state index contributed by atoms with van der Waals surface area (Å²) in [5, 5.41) is 18.2. The third-order valence-electron chi connectivity index (χ3n) is 4.01. The van der Waals surface area contributed by atoms with Crippen LogP contribution in [0.25, 0.3) is 17.4 Å². The average molecular weight is 417 g/mol. The van der Waals surface area contributed by atoms with Gasteiger partial charge in [-0.15, -0.1) is 0 Å². The number of thioether (sulfide) groups is 1. The highest BCUT2D eigenvalue weighted by Gasteiger charge is 2.40. The highest BCUT2D eigenvalue weighted by Crippen LogP contribution is 2.35. The van der Waals surface area contributed by atoms with Gasteiger partial charge in [0.25, 0.3) is 5.91 Å². The first-order valence-electron chi connectivity index (χ1n) is 8.23. The average Bonchev–Trinajstić information content (AvgIpc) is 3.22. The standard InChI is InChI=1S/C19H15NO6S2/c21-16(22)9-7-13(18(24)25)20-17(23)15(28-19(20)27)10-12-6-8-14(26-12)11-4-2-1-3-5-11/h1-6,8,10,13H,7,9H2,(H,21,22)(H,24,25)/b15-10-/t13-/m1/s1. The number of rotatable bonds is 7. The number of aliphatic carboxylic acids is 2. The molecular formula is C19H15NO6S2. The molecule has 144 valence electrons. The summed E-state index contributed by atoms with van der Waals surface area (Å²) in [7, 11) is 0. The molecule has 1 aliphatic rings. The molecule has 0 unspecified atom stereocenters. The largest absolute Gasteiger partial charge is 0.481 e. The van der Waals surface area contributed by atoms with Crippen molar-refractivity contribution in [2.75, 3.05) is 0 Å². The lowest BCUT2D eigenvalue weighted by molar-refractivity contribution is -0.146. The van der Waals surface area contributed by atoms with Crippen molar-refractivity contribution in [1.82, 2.24) is 4.90 Å². The Labute approximate surface area is 169 Å². The number of carbonyl (C=O) groups excluding carboxylic acids is 1. The van der Waals surface area contributed by atoms with E-state index in [1.54, 1.807) is 12.1 Å². The molecule has 0 spiro atoms. The number of thiocarbonyl (C=S) groups is 1. The van der Waals surface area contributed by atoms with E-state index in [-0.39, 0.29) is 22.1 Å². The van der Waals surface area contributed by atoms with Gasteiger partial charge in [0.15, 0.2) is 0 Å². The minimum atomic E-state index is -1.33. The second-order valence-electron chi connectivity index (χ2n) is 5.91. The van der Waals surface area contributed by atoms with E-state index in [9.17, 15) is 19.5 Å². The van der Waals surface area contributed by atoms with Crippen LogP contribution in [-0.4, -0.2) is 43.3 Å². The summed E-state index contributed by atoms with van der Waals surface area (Å²) in [4.78, 5) is 36.2. The van der Waals surface area contributed by atoms with Gasteiger partial charge in [0.05, 0.1) is 4.91 Å². The second-order valence-corrected chi connectivity index (χ2v) is 7.58. The van der Waals surface area contributed by atoms with Crippen molar-refractivity contribution in [3.8, 4) is 11.3 Å². The smallest absolute Gasteiger partial charge is 0.326 e. The fraction of sp³-hybridized carbons (Fsp3) is 0.158. The molecule has 1 aromatic carbocycles. The van der Waals surface area contributed by atoms with Crippen molar-refractivity contribution in [1.29, 1.82) is 0 Å². The number of carbonyl (C=O) groups is 3. The Morgan fingerprint density at radius 1 is 1.18 bits per heavy atom. The molecule has 1 atom stereocenters.